The zero-order valence-electron chi connectivity index (χ0n) is 7.83. The van der Waals surface area contributed by atoms with Crippen LogP contribution in [0.1, 0.15) is 20.3 Å². The monoisotopic (exact) mass is 191 g/mol. The van der Waals surface area contributed by atoms with Crippen molar-refractivity contribution in [1.82, 2.24) is 5.32 Å². The van der Waals surface area contributed by atoms with Gasteiger partial charge in [0.25, 0.3) is 0 Å². The number of hydrogen-bond acceptors (Lipinski definition) is 3. The Morgan fingerprint density at radius 2 is 2.25 bits per heavy atom. The first-order chi connectivity index (χ1) is 5.61. The van der Waals surface area contributed by atoms with E-state index in [0.29, 0.717) is 11.7 Å². The molecule has 0 saturated carbocycles. The van der Waals surface area contributed by atoms with E-state index in [0.717, 1.165) is 6.54 Å². The Hall–Kier alpha value is -0.220. The normalized spacial score (nSPS) is 15.6. The molecule has 0 saturated heterocycles. The molecule has 0 heterocycles. The van der Waals surface area contributed by atoms with Crippen molar-refractivity contribution in [3.63, 3.8) is 0 Å². The molecule has 0 amide bonds. The van der Waals surface area contributed by atoms with Gasteiger partial charge in [0.2, 0.25) is 0 Å². The molecule has 2 atom stereocenters. The Morgan fingerprint density at radius 1 is 1.67 bits per heavy atom. The van der Waals surface area contributed by atoms with Crippen molar-refractivity contribution in [1.29, 1.82) is 0 Å². The molecule has 72 valence electrons. The first kappa shape index (κ1) is 11.8. The molecule has 0 spiro atoms. The van der Waals surface area contributed by atoms with Crippen LogP contribution in [0.5, 0.6) is 0 Å². The second kappa shape index (κ2) is 6.31. The first-order valence-corrected chi connectivity index (χ1v) is 5.39. The second-order valence-electron chi connectivity index (χ2n) is 2.75. The molecule has 0 fully saturated rings. The lowest BCUT2D eigenvalue weighted by Crippen LogP contribution is -2.39. The third-order valence-corrected chi connectivity index (χ3v) is 2.73. The molecule has 3 nitrogen and oxygen atoms in total. The summed E-state index contributed by atoms with van der Waals surface area (Å²) in [5, 5.41) is 12.2. The van der Waals surface area contributed by atoms with Gasteiger partial charge in [-0.1, -0.05) is 13.8 Å². The molecule has 12 heavy (non-hydrogen) atoms. The fourth-order valence-corrected chi connectivity index (χ4v) is 1.06. The van der Waals surface area contributed by atoms with Crippen LogP contribution in [0, 0.1) is 0 Å². The van der Waals surface area contributed by atoms with Crippen LogP contribution >= 0.6 is 11.8 Å². The maximum Gasteiger partial charge on any atom is 0.320 e. The molecule has 0 aliphatic carbocycles. The number of hydrogen-bond donors (Lipinski definition) is 2. The van der Waals surface area contributed by atoms with E-state index in [1.807, 2.05) is 13.2 Å². The highest BCUT2D eigenvalue weighted by Crippen LogP contribution is 2.03. The van der Waals surface area contributed by atoms with E-state index in [-0.39, 0.29) is 6.04 Å². The highest BCUT2D eigenvalue weighted by molar-refractivity contribution is 7.99. The third-order valence-electron chi connectivity index (χ3n) is 1.76. The quantitative estimate of drug-likeness (QED) is 0.662. The number of aliphatic carboxylic acids is 1. The fraction of sp³-hybridized carbons (Fsp3) is 0.875. The van der Waals surface area contributed by atoms with Gasteiger partial charge >= 0.3 is 5.97 Å². The maximum atomic E-state index is 10.6. The van der Waals surface area contributed by atoms with Crippen LogP contribution in [0.2, 0.25) is 0 Å². The number of carboxylic acid groups (broad SMARTS) is 1. The minimum atomic E-state index is -0.759. The van der Waals surface area contributed by atoms with Crippen molar-refractivity contribution >= 4 is 17.7 Å². The van der Waals surface area contributed by atoms with Crippen molar-refractivity contribution in [3.05, 3.63) is 0 Å². The number of thioether (sulfide) groups is 1. The fourth-order valence-electron chi connectivity index (χ4n) is 0.798. The van der Waals surface area contributed by atoms with Gasteiger partial charge in [0, 0.05) is 11.8 Å². The summed E-state index contributed by atoms with van der Waals surface area (Å²) in [6, 6.07) is -0.389. The largest absolute Gasteiger partial charge is 0.480 e. The van der Waals surface area contributed by atoms with Crippen LogP contribution in [0.4, 0.5) is 0 Å². The van der Waals surface area contributed by atoms with E-state index in [4.69, 9.17) is 5.11 Å². The topological polar surface area (TPSA) is 49.3 Å². The summed E-state index contributed by atoms with van der Waals surface area (Å²) in [4.78, 5) is 10.6. The number of carbonyl (C=O) groups is 1. The summed E-state index contributed by atoms with van der Waals surface area (Å²) < 4.78 is 0. The lowest BCUT2D eigenvalue weighted by molar-refractivity contribution is -0.139. The lowest BCUT2D eigenvalue weighted by Gasteiger charge is -2.14. The molecule has 2 N–H and O–H groups in total. The molecule has 0 aromatic carbocycles. The summed E-state index contributed by atoms with van der Waals surface area (Å²) in [5.41, 5.74) is 0. The van der Waals surface area contributed by atoms with Gasteiger partial charge in [-0.25, -0.2) is 0 Å². The highest BCUT2D eigenvalue weighted by atomic mass is 32.2. The predicted molar refractivity (Wildman–Crippen MR) is 52.7 cm³/mol. The Kier molecular flexibility index (Phi) is 6.20. The molecule has 0 radical (unpaired) electrons. The van der Waals surface area contributed by atoms with Gasteiger partial charge in [-0.3, -0.25) is 4.79 Å². The second-order valence-corrected chi connectivity index (χ2v) is 4.03. The molecule has 0 aliphatic rings. The highest BCUT2D eigenvalue weighted by Gasteiger charge is 2.14. The van der Waals surface area contributed by atoms with Crippen LogP contribution in [0.3, 0.4) is 0 Å². The molecule has 0 rings (SSSR count). The van der Waals surface area contributed by atoms with E-state index in [1.165, 1.54) is 0 Å². The van der Waals surface area contributed by atoms with Crippen LogP contribution in [-0.2, 0) is 4.79 Å². The summed E-state index contributed by atoms with van der Waals surface area (Å²) >= 11 is 1.73. The molecule has 0 aliphatic heterocycles. The van der Waals surface area contributed by atoms with Gasteiger partial charge in [0.15, 0.2) is 0 Å². The SMILES string of the molecule is CCC(NCC(C)SC)C(=O)O. The molecule has 0 aromatic heterocycles. The molecular formula is C8H17NO2S. The van der Waals surface area contributed by atoms with Gasteiger partial charge in [-0.05, 0) is 12.7 Å². The van der Waals surface area contributed by atoms with Crippen LogP contribution in [0.15, 0.2) is 0 Å². The molecule has 2 unspecified atom stereocenters. The van der Waals surface area contributed by atoms with E-state index >= 15 is 0 Å². The third kappa shape index (κ3) is 4.62. The number of carboxylic acids is 1. The van der Waals surface area contributed by atoms with Crippen molar-refractivity contribution in [2.24, 2.45) is 0 Å². The Labute approximate surface area is 77.9 Å². The van der Waals surface area contributed by atoms with Crippen LogP contribution in [-0.4, -0.2) is 35.2 Å². The zero-order chi connectivity index (χ0) is 9.56. The predicted octanol–water partition coefficient (Wildman–Crippen LogP) is 1.19. The van der Waals surface area contributed by atoms with E-state index in [1.54, 1.807) is 11.8 Å². The zero-order valence-corrected chi connectivity index (χ0v) is 8.65. The van der Waals surface area contributed by atoms with Gasteiger partial charge < -0.3 is 10.4 Å². The Bertz CT molecular complexity index is 141. The molecule has 0 aromatic rings. The van der Waals surface area contributed by atoms with Gasteiger partial charge in [-0.15, -0.1) is 0 Å². The standard InChI is InChI=1S/C8H17NO2S/c1-4-7(8(10)11)9-5-6(2)12-3/h6-7,9H,4-5H2,1-3H3,(H,10,11). The summed E-state index contributed by atoms with van der Waals surface area (Å²) in [6.07, 6.45) is 2.66. The van der Waals surface area contributed by atoms with Crippen LogP contribution < -0.4 is 5.32 Å². The summed E-state index contributed by atoms with van der Waals surface area (Å²) in [5.74, 6) is -0.759. The van der Waals surface area contributed by atoms with E-state index in [9.17, 15) is 4.79 Å². The minimum absolute atomic E-state index is 0.389. The lowest BCUT2D eigenvalue weighted by atomic mass is 10.2. The first-order valence-electron chi connectivity index (χ1n) is 4.10. The molecular weight excluding hydrogens is 174 g/mol. The number of rotatable bonds is 6. The average molecular weight is 191 g/mol. The van der Waals surface area contributed by atoms with Gasteiger partial charge in [-0.2, -0.15) is 11.8 Å². The van der Waals surface area contributed by atoms with Crippen LogP contribution in [0.25, 0.3) is 0 Å². The summed E-state index contributed by atoms with van der Waals surface area (Å²) in [7, 11) is 0. The molecule has 4 heteroatoms. The van der Waals surface area contributed by atoms with Crippen molar-refractivity contribution in [2.45, 2.75) is 31.6 Å². The Morgan fingerprint density at radius 3 is 2.58 bits per heavy atom. The van der Waals surface area contributed by atoms with Crippen molar-refractivity contribution < 1.29 is 9.90 Å². The number of nitrogens with one attached hydrogen (secondary N) is 1. The molecule has 0 bridgehead atoms. The van der Waals surface area contributed by atoms with Crippen molar-refractivity contribution in [2.75, 3.05) is 12.8 Å². The van der Waals surface area contributed by atoms with Crippen molar-refractivity contribution in [3.8, 4) is 0 Å². The maximum absolute atomic E-state index is 10.6. The minimum Gasteiger partial charge on any atom is -0.480 e. The van der Waals surface area contributed by atoms with Gasteiger partial charge in [0.1, 0.15) is 6.04 Å². The van der Waals surface area contributed by atoms with E-state index in [2.05, 4.69) is 12.2 Å². The smallest absolute Gasteiger partial charge is 0.320 e. The summed E-state index contributed by atoms with van der Waals surface area (Å²) in [6.45, 7) is 4.70. The average Bonchev–Trinajstić information content (AvgIpc) is 2.04. The van der Waals surface area contributed by atoms with E-state index < -0.39 is 5.97 Å². The Balaban J connectivity index is 3.65. The van der Waals surface area contributed by atoms with Gasteiger partial charge in [0.05, 0.1) is 0 Å².